The molecule has 0 N–H and O–H groups in total. The number of carbonyl (C=O) groups excluding carboxylic acids is 2. The van der Waals surface area contributed by atoms with E-state index in [9.17, 15) is 9.59 Å². The lowest BCUT2D eigenvalue weighted by Gasteiger charge is -2.25. The molecule has 2 aliphatic rings. The van der Waals surface area contributed by atoms with E-state index in [0.29, 0.717) is 19.5 Å². The minimum absolute atomic E-state index is 0.158. The van der Waals surface area contributed by atoms with Gasteiger partial charge < -0.3 is 9.80 Å². The van der Waals surface area contributed by atoms with Crippen molar-refractivity contribution in [3.63, 3.8) is 0 Å². The van der Waals surface area contributed by atoms with E-state index >= 15 is 0 Å². The Morgan fingerprint density at radius 3 is 2.33 bits per heavy atom. The zero-order valence-corrected chi connectivity index (χ0v) is 12.5. The second-order valence-corrected chi connectivity index (χ2v) is 5.90. The van der Waals surface area contributed by atoms with Crippen molar-refractivity contribution >= 4 is 23.2 Å². The number of hydrogen-bond acceptors (Lipinski definition) is 2. The van der Waals surface area contributed by atoms with Crippen LogP contribution in [0, 0.1) is 5.92 Å². The molecular weight excluding hydrogens is 264 g/mol. The van der Waals surface area contributed by atoms with Gasteiger partial charge >= 0.3 is 0 Å². The maximum absolute atomic E-state index is 12.5. The fourth-order valence-corrected chi connectivity index (χ4v) is 2.94. The minimum Gasteiger partial charge on any atom is -0.310 e. The second-order valence-electron chi connectivity index (χ2n) is 5.90. The zero-order chi connectivity index (χ0) is 14.8. The fourth-order valence-electron chi connectivity index (χ4n) is 2.94. The van der Waals surface area contributed by atoms with Gasteiger partial charge in [-0.1, -0.05) is 19.1 Å². The standard InChI is InChI=1S/C17H22N2O2/c1-2-6-16(20)18-11-5-12-19(17(21)13-9-10-13)15-8-4-3-7-14(15)18/h3-4,7-8,13H,2,5-6,9-12H2,1H3. The highest BCUT2D eigenvalue weighted by Crippen LogP contribution is 2.37. The Bertz CT molecular complexity index is 551. The molecule has 3 rings (SSSR count). The van der Waals surface area contributed by atoms with Crippen molar-refractivity contribution in [2.75, 3.05) is 22.9 Å². The molecule has 0 unspecified atom stereocenters. The molecular formula is C17H22N2O2. The minimum atomic E-state index is 0.158. The number of fused-ring (bicyclic) bond motifs is 1. The van der Waals surface area contributed by atoms with Crippen LogP contribution in [0.3, 0.4) is 0 Å². The smallest absolute Gasteiger partial charge is 0.230 e. The van der Waals surface area contributed by atoms with E-state index in [1.807, 2.05) is 41.0 Å². The van der Waals surface area contributed by atoms with E-state index in [1.165, 1.54) is 0 Å². The maximum atomic E-state index is 12.5. The summed E-state index contributed by atoms with van der Waals surface area (Å²) >= 11 is 0. The van der Waals surface area contributed by atoms with Crippen molar-refractivity contribution in [2.24, 2.45) is 5.92 Å². The number of rotatable bonds is 3. The first-order chi connectivity index (χ1) is 10.2. The first-order valence-corrected chi connectivity index (χ1v) is 7.93. The van der Waals surface area contributed by atoms with Crippen molar-refractivity contribution < 1.29 is 9.59 Å². The topological polar surface area (TPSA) is 40.6 Å². The molecule has 112 valence electrons. The van der Waals surface area contributed by atoms with Gasteiger partial charge in [0, 0.05) is 25.4 Å². The summed E-state index contributed by atoms with van der Waals surface area (Å²) in [5, 5.41) is 0. The normalized spacial score (nSPS) is 18.1. The lowest BCUT2D eigenvalue weighted by molar-refractivity contribution is -0.120. The molecule has 0 radical (unpaired) electrons. The second kappa shape index (κ2) is 5.88. The van der Waals surface area contributed by atoms with Gasteiger partial charge in [-0.15, -0.1) is 0 Å². The molecule has 1 aromatic carbocycles. The van der Waals surface area contributed by atoms with E-state index in [-0.39, 0.29) is 17.7 Å². The van der Waals surface area contributed by atoms with Crippen LogP contribution in [0.2, 0.25) is 0 Å². The summed E-state index contributed by atoms with van der Waals surface area (Å²) in [5.41, 5.74) is 1.79. The summed E-state index contributed by atoms with van der Waals surface area (Å²) in [5.74, 6) is 0.592. The zero-order valence-electron chi connectivity index (χ0n) is 12.5. The van der Waals surface area contributed by atoms with Crippen molar-refractivity contribution in [1.82, 2.24) is 0 Å². The quantitative estimate of drug-likeness (QED) is 0.857. The van der Waals surface area contributed by atoms with Gasteiger partial charge in [0.15, 0.2) is 0 Å². The molecule has 1 fully saturated rings. The summed E-state index contributed by atoms with van der Waals surface area (Å²) in [6.45, 7) is 3.43. The van der Waals surface area contributed by atoms with E-state index in [1.54, 1.807) is 0 Å². The van der Waals surface area contributed by atoms with Crippen molar-refractivity contribution in [2.45, 2.75) is 39.0 Å². The highest BCUT2D eigenvalue weighted by atomic mass is 16.2. The summed E-state index contributed by atoms with van der Waals surface area (Å²) in [6.07, 6.45) is 4.27. The largest absolute Gasteiger partial charge is 0.310 e. The lowest BCUT2D eigenvalue weighted by atomic mass is 10.2. The number of amides is 2. The number of anilines is 2. The van der Waals surface area contributed by atoms with Crippen LogP contribution < -0.4 is 9.80 Å². The third-order valence-electron chi connectivity index (χ3n) is 4.18. The Labute approximate surface area is 125 Å². The van der Waals surface area contributed by atoms with Gasteiger partial charge in [0.05, 0.1) is 11.4 Å². The molecule has 4 nitrogen and oxygen atoms in total. The molecule has 1 heterocycles. The van der Waals surface area contributed by atoms with E-state index in [0.717, 1.165) is 37.1 Å². The molecule has 0 atom stereocenters. The molecule has 21 heavy (non-hydrogen) atoms. The summed E-state index contributed by atoms with van der Waals surface area (Å²) < 4.78 is 0. The Morgan fingerprint density at radius 2 is 1.71 bits per heavy atom. The van der Waals surface area contributed by atoms with Crippen LogP contribution in [0.1, 0.15) is 39.0 Å². The van der Waals surface area contributed by atoms with Crippen LogP contribution in [-0.4, -0.2) is 24.9 Å². The van der Waals surface area contributed by atoms with Gasteiger partial charge in [0.2, 0.25) is 11.8 Å². The van der Waals surface area contributed by atoms with Crippen molar-refractivity contribution in [3.8, 4) is 0 Å². The van der Waals surface area contributed by atoms with Crippen LogP contribution in [-0.2, 0) is 9.59 Å². The van der Waals surface area contributed by atoms with Gasteiger partial charge in [0.1, 0.15) is 0 Å². The third-order valence-corrected chi connectivity index (χ3v) is 4.18. The summed E-state index contributed by atoms with van der Waals surface area (Å²) in [6, 6.07) is 7.81. The van der Waals surface area contributed by atoms with E-state index in [4.69, 9.17) is 0 Å². The lowest BCUT2D eigenvalue weighted by Crippen LogP contribution is -2.32. The molecule has 0 spiro atoms. The number of hydrogen-bond donors (Lipinski definition) is 0. The van der Waals surface area contributed by atoms with E-state index < -0.39 is 0 Å². The first kappa shape index (κ1) is 14.1. The van der Waals surface area contributed by atoms with Crippen LogP contribution >= 0.6 is 0 Å². The average Bonchev–Trinajstić information content (AvgIpc) is 3.33. The Hall–Kier alpha value is -1.84. The number of carbonyl (C=O) groups is 2. The van der Waals surface area contributed by atoms with Gasteiger partial charge in [-0.25, -0.2) is 0 Å². The molecule has 1 aliphatic carbocycles. The third kappa shape index (κ3) is 2.80. The van der Waals surface area contributed by atoms with Gasteiger partial charge in [0.25, 0.3) is 0 Å². The van der Waals surface area contributed by atoms with Gasteiger partial charge in [-0.2, -0.15) is 0 Å². The van der Waals surface area contributed by atoms with Crippen molar-refractivity contribution in [1.29, 1.82) is 0 Å². The predicted octanol–water partition coefficient (Wildman–Crippen LogP) is 2.97. The van der Waals surface area contributed by atoms with Crippen LogP contribution in [0.15, 0.2) is 24.3 Å². The molecule has 0 aromatic heterocycles. The highest BCUT2D eigenvalue weighted by molar-refractivity contribution is 6.04. The van der Waals surface area contributed by atoms with Crippen LogP contribution in [0.25, 0.3) is 0 Å². The van der Waals surface area contributed by atoms with Gasteiger partial charge in [-0.3, -0.25) is 9.59 Å². The summed E-state index contributed by atoms with van der Waals surface area (Å²) in [7, 11) is 0. The van der Waals surface area contributed by atoms with Gasteiger partial charge in [-0.05, 0) is 37.8 Å². The van der Waals surface area contributed by atoms with Crippen molar-refractivity contribution in [3.05, 3.63) is 24.3 Å². The fraction of sp³-hybridized carbons (Fsp3) is 0.529. The Morgan fingerprint density at radius 1 is 1.10 bits per heavy atom. The SMILES string of the molecule is CCCC(=O)N1CCCN(C(=O)C2CC2)c2ccccc21. The Balaban J connectivity index is 1.94. The van der Waals surface area contributed by atoms with Crippen LogP contribution in [0.4, 0.5) is 11.4 Å². The molecule has 1 aliphatic heterocycles. The van der Waals surface area contributed by atoms with E-state index in [2.05, 4.69) is 0 Å². The first-order valence-electron chi connectivity index (χ1n) is 7.93. The maximum Gasteiger partial charge on any atom is 0.230 e. The highest BCUT2D eigenvalue weighted by Gasteiger charge is 2.36. The molecule has 0 saturated heterocycles. The average molecular weight is 286 g/mol. The number of para-hydroxylation sites is 2. The summed E-state index contributed by atoms with van der Waals surface area (Å²) in [4.78, 5) is 28.6. The number of nitrogens with zero attached hydrogens (tertiary/aromatic N) is 2. The molecule has 1 aromatic rings. The number of benzene rings is 1. The molecule has 0 bridgehead atoms. The predicted molar refractivity (Wildman–Crippen MR) is 83.4 cm³/mol. The Kier molecular flexibility index (Phi) is 3.95. The van der Waals surface area contributed by atoms with Crippen LogP contribution in [0.5, 0.6) is 0 Å². The molecule has 2 amide bonds. The molecule has 1 saturated carbocycles. The molecule has 4 heteroatoms. The monoisotopic (exact) mass is 286 g/mol.